The average molecular weight is 222 g/mol. The zero-order valence-electron chi connectivity index (χ0n) is 8.94. The SMILES string of the molecule is O=Cc1ccc(CN2CCCNC(=O)C2)o1. The molecule has 1 aliphatic heterocycles. The van der Waals surface area contributed by atoms with Crippen LogP contribution in [0.25, 0.3) is 0 Å². The van der Waals surface area contributed by atoms with Crippen molar-refractivity contribution >= 4 is 12.2 Å². The number of carbonyl (C=O) groups is 2. The molecule has 0 unspecified atom stereocenters. The Bertz CT molecular complexity index is 386. The molecule has 5 heteroatoms. The molecule has 0 radical (unpaired) electrons. The van der Waals surface area contributed by atoms with E-state index in [2.05, 4.69) is 5.32 Å². The minimum Gasteiger partial charge on any atom is -0.457 e. The van der Waals surface area contributed by atoms with E-state index < -0.39 is 0 Å². The molecule has 0 bridgehead atoms. The van der Waals surface area contributed by atoms with Crippen molar-refractivity contribution in [3.8, 4) is 0 Å². The lowest BCUT2D eigenvalue weighted by atomic mass is 10.3. The summed E-state index contributed by atoms with van der Waals surface area (Å²) in [5.41, 5.74) is 0. The van der Waals surface area contributed by atoms with E-state index in [0.29, 0.717) is 25.1 Å². The van der Waals surface area contributed by atoms with Gasteiger partial charge in [-0.15, -0.1) is 0 Å². The number of nitrogens with zero attached hydrogens (tertiary/aromatic N) is 1. The van der Waals surface area contributed by atoms with Gasteiger partial charge in [0.2, 0.25) is 5.91 Å². The van der Waals surface area contributed by atoms with Crippen LogP contribution >= 0.6 is 0 Å². The molecular weight excluding hydrogens is 208 g/mol. The zero-order valence-corrected chi connectivity index (χ0v) is 8.94. The third-order valence-electron chi connectivity index (χ3n) is 2.52. The van der Waals surface area contributed by atoms with E-state index in [9.17, 15) is 9.59 Å². The molecule has 0 spiro atoms. The number of furan rings is 1. The molecule has 2 heterocycles. The van der Waals surface area contributed by atoms with E-state index in [1.807, 2.05) is 4.90 Å². The van der Waals surface area contributed by atoms with Crippen LogP contribution in [0.2, 0.25) is 0 Å². The Hall–Kier alpha value is -1.62. The molecule has 1 fully saturated rings. The molecule has 1 amide bonds. The van der Waals surface area contributed by atoms with Crippen molar-refractivity contribution in [1.29, 1.82) is 0 Å². The van der Waals surface area contributed by atoms with Gasteiger partial charge in [0.25, 0.3) is 0 Å². The highest BCUT2D eigenvalue weighted by molar-refractivity contribution is 5.78. The van der Waals surface area contributed by atoms with E-state index in [-0.39, 0.29) is 5.91 Å². The molecule has 2 rings (SSSR count). The van der Waals surface area contributed by atoms with Crippen molar-refractivity contribution in [2.75, 3.05) is 19.6 Å². The summed E-state index contributed by atoms with van der Waals surface area (Å²) in [7, 11) is 0. The Morgan fingerprint density at radius 1 is 1.50 bits per heavy atom. The molecule has 1 saturated heterocycles. The van der Waals surface area contributed by atoms with Gasteiger partial charge in [-0.2, -0.15) is 0 Å². The Morgan fingerprint density at radius 3 is 3.12 bits per heavy atom. The molecule has 86 valence electrons. The summed E-state index contributed by atoms with van der Waals surface area (Å²) in [4.78, 5) is 23.8. The maximum atomic E-state index is 11.3. The summed E-state index contributed by atoms with van der Waals surface area (Å²) in [5.74, 6) is 1.09. The lowest BCUT2D eigenvalue weighted by Crippen LogP contribution is -2.32. The second kappa shape index (κ2) is 4.94. The first-order chi connectivity index (χ1) is 7.78. The monoisotopic (exact) mass is 222 g/mol. The van der Waals surface area contributed by atoms with Gasteiger partial charge >= 0.3 is 0 Å². The highest BCUT2D eigenvalue weighted by Crippen LogP contribution is 2.10. The molecule has 1 N–H and O–H groups in total. The first-order valence-electron chi connectivity index (χ1n) is 5.31. The largest absolute Gasteiger partial charge is 0.457 e. The van der Waals surface area contributed by atoms with E-state index in [0.717, 1.165) is 25.3 Å². The number of hydrogen-bond acceptors (Lipinski definition) is 4. The van der Waals surface area contributed by atoms with Crippen LogP contribution in [0.5, 0.6) is 0 Å². The van der Waals surface area contributed by atoms with Gasteiger partial charge in [-0.3, -0.25) is 14.5 Å². The number of aldehydes is 1. The van der Waals surface area contributed by atoms with Crippen molar-refractivity contribution in [3.63, 3.8) is 0 Å². The molecule has 0 atom stereocenters. The fraction of sp³-hybridized carbons (Fsp3) is 0.455. The molecule has 0 aliphatic carbocycles. The van der Waals surface area contributed by atoms with Crippen LogP contribution in [-0.2, 0) is 11.3 Å². The summed E-state index contributed by atoms with van der Waals surface area (Å²) in [6.07, 6.45) is 1.62. The predicted octanol–water partition coefficient (Wildman–Crippen LogP) is 0.414. The summed E-state index contributed by atoms with van der Waals surface area (Å²) >= 11 is 0. The van der Waals surface area contributed by atoms with Crippen molar-refractivity contribution in [3.05, 3.63) is 23.7 Å². The zero-order chi connectivity index (χ0) is 11.4. The van der Waals surface area contributed by atoms with E-state index >= 15 is 0 Å². The second-order valence-corrected chi connectivity index (χ2v) is 3.84. The smallest absolute Gasteiger partial charge is 0.234 e. The Balaban J connectivity index is 1.97. The van der Waals surface area contributed by atoms with Gasteiger partial charge in [-0.1, -0.05) is 0 Å². The maximum Gasteiger partial charge on any atom is 0.234 e. The summed E-state index contributed by atoms with van der Waals surface area (Å²) in [5, 5.41) is 2.81. The molecule has 5 nitrogen and oxygen atoms in total. The minimum absolute atomic E-state index is 0.0414. The molecular formula is C11H14N2O3. The first-order valence-corrected chi connectivity index (χ1v) is 5.31. The van der Waals surface area contributed by atoms with Gasteiger partial charge in [-0.05, 0) is 18.6 Å². The van der Waals surface area contributed by atoms with E-state index in [4.69, 9.17) is 4.42 Å². The number of carbonyl (C=O) groups excluding carboxylic acids is 2. The van der Waals surface area contributed by atoms with Crippen LogP contribution in [0.4, 0.5) is 0 Å². The standard InChI is InChI=1S/C11H14N2O3/c14-8-10-3-2-9(16-10)6-13-5-1-4-12-11(15)7-13/h2-3,8H,1,4-7H2,(H,12,15). The number of amides is 1. The predicted molar refractivity (Wildman–Crippen MR) is 57.0 cm³/mol. The van der Waals surface area contributed by atoms with E-state index in [1.54, 1.807) is 12.1 Å². The Labute approximate surface area is 93.4 Å². The normalized spacial score (nSPS) is 17.9. The van der Waals surface area contributed by atoms with Crippen LogP contribution in [0, 0.1) is 0 Å². The second-order valence-electron chi connectivity index (χ2n) is 3.84. The minimum atomic E-state index is 0.0414. The van der Waals surface area contributed by atoms with Crippen molar-refractivity contribution < 1.29 is 14.0 Å². The summed E-state index contributed by atoms with van der Waals surface area (Å²) in [6.45, 7) is 2.54. The topological polar surface area (TPSA) is 62.6 Å². The summed E-state index contributed by atoms with van der Waals surface area (Å²) < 4.78 is 5.27. The van der Waals surface area contributed by atoms with Gasteiger partial charge in [0.15, 0.2) is 12.0 Å². The quantitative estimate of drug-likeness (QED) is 0.753. The fourth-order valence-corrected chi connectivity index (χ4v) is 1.77. The number of rotatable bonds is 3. The van der Waals surface area contributed by atoms with E-state index in [1.165, 1.54) is 0 Å². The van der Waals surface area contributed by atoms with Crippen molar-refractivity contribution in [2.24, 2.45) is 0 Å². The van der Waals surface area contributed by atoms with Crippen LogP contribution in [0.1, 0.15) is 22.7 Å². The molecule has 0 saturated carbocycles. The average Bonchev–Trinajstić information content (AvgIpc) is 2.62. The van der Waals surface area contributed by atoms with Gasteiger partial charge in [0, 0.05) is 13.1 Å². The molecule has 0 aromatic carbocycles. The number of hydrogen-bond donors (Lipinski definition) is 1. The molecule has 1 aliphatic rings. The van der Waals surface area contributed by atoms with Crippen molar-refractivity contribution in [2.45, 2.75) is 13.0 Å². The summed E-state index contributed by atoms with van der Waals surface area (Å²) in [6, 6.07) is 3.41. The molecule has 1 aromatic rings. The lowest BCUT2D eigenvalue weighted by Gasteiger charge is -2.16. The van der Waals surface area contributed by atoms with Gasteiger partial charge < -0.3 is 9.73 Å². The lowest BCUT2D eigenvalue weighted by molar-refractivity contribution is -0.121. The van der Waals surface area contributed by atoms with Gasteiger partial charge in [0.05, 0.1) is 13.1 Å². The third-order valence-corrected chi connectivity index (χ3v) is 2.52. The molecule has 1 aromatic heterocycles. The van der Waals surface area contributed by atoms with Crippen LogP contribution in [-0.4, -0.2) is 36.7 Å². The highest BCUT2D eigenvalue weighted by atomic mass is 16.3. The van der Waals surface area contributed by atoms with Crippen LogP contribution in [0.15, 0.2) is 16.5 Å². The van der Waals surface area contributed by atoms with Gasteiger partial charge in [-0.25, -0.2) is 0 Å². The van der Waals surface area contributed by atoms with Crippen molar-refractivity contribution in [1.82, 2.24) is 10.2 Å². The first kappa shape index (κ1) is 10.9. The third kappa shape index (κ3) is 2.70. The Kier molecular flexibility index (Phi) is 3.36. The van der Waals surface area contributed by atoms with Crippen LogP contribution < -0.4 is 5.32 Å². The maximum absolute atomic E-state index is 11.3. The fourth-order valence-electron chi connectivity index (χ4n) is 1.77. The number of nitrogens with one attached hydrogen (secondary N) is 1. The highest BCUT2D eigenvalue weighted by Gasteiger charge is 2.15. The van der Waals surface area contributed by atoms with Crippen LogP contribution in [0.3, 0.4) is 0 Å². The van der Waals surface area contributed by atoms with Gasteiger partial charge in [0.1, 0.15) is 5.76 Å². The molecule has 16 heavy (non-hydrogen) atoms. The Morgan fingerprint density at radius 2 is 2.38 bits per heavy atom.